The van der Waals surface area contributed by atoms with Crippen molar-refractivity contribution >= 4 is 12.4 Å². The zero-order valence-corrected chi connectivity index (χ0v) is 11.0. The monoisotopic (exact) mass is 272 g/mol. The number of rotatable bonds is 0. The Morgan fingerprint density at radius 2 is 1.84 bits per heavy atom. The highest BCUT2D eigenvalue weighted by molar-refractivity contribution is 5.85. The molecule has 0 bridgehead atoms. The third-order valence-corrected chi connectivity index (χ3v) is 2.25. The van der Waals surface area contributed by atoms with Crippen molar-refractivity contribution in [2.75, 3.05) is 0 Å². The van der Waals surface area contributed by atoms with E-state index in [4.69, 9.17) is 5.26 Å². The lowest BCUT2D eigenvalue weighted by atomic mass is 10.1. The van der Waals surface area contributed by atoms with Crippen molar-refractivity contribution in [3.8, 4) is 17.9 Å². The Bertz CT molecular complexity index is 693. The molecule has 0 unspecified atom stereocenters. The molecule has 0 saturated carbocycles. The maximum Gasteiger partial charge on any atom is 0.125 e. The van der Waals surface area contributed by atoms with E-state index in [0.717, 1.165) is 5.69 Å². The minimum Gasteiger partial charge on any atom is -0.245 e. The highest BCUT2D eigenvalue weighted by Gasteiger charge is 1.98. The smallest absolute Gasteiger partial charge is 0.125 e. The summed E-state index contributed by atoms with van der Waals surface area (Å²) in [7, 11) is 0. The summed E-state index contributed by atoms with van der Waals surface area (Å²) in [6, 6.07) is 11.4. The summed E-state index contributed by atoms with van der Waals surface area (Å²) in [5, 5.41) is 8.73. The Morgan fingerprint density at radius 1 is 1.11 bits per heavy atom. The molecule has 1 aromatic carbocycles. The molecule has 94 valence electrons. The highest BCUT2D eigenvalue weighted by atomic mass is 35.5. The van der Waals surface area contributed by atoms with Crippen molar-refractivity contribution in [2.45, 2.75) is 6.92 Å². The number of nitriles is 1. The Morgan fingerprint density at radius 3 is 2.53 bits per heavy atom. The van der Waals surface area contributed by atoms with Crippen molar-refractivity contribution in [1.82, 2.24) is 4.98 Å². The fraction of sp³-hybridized carbons (Fsp3) is 0.0667. The minimum atomic E-state index is -0.462. The second kappa shape index (κ2) is 6.54. The third kappa shape index (κ3) is 4.10. The van der Waals surface area contributed by atoms with Gasteiger partial charge in [0.15, 0.2) is 0 Å². The molecule has 2 rings (SSSR count). The molecule has 0 amide bonds. The highest BCUT2D eigenvalue weighted by Crippen LogP contribution is 2.07. The summed E-state index contributed by atoms with van der Waals surface area (Å²) in [6.45, 7) is 1.88. The zero-order chi connectivity index (χ0) is 13.0. The molecule has 0 aliphatic heterocycles. The molecule has 1 aromatic heterocycles. The van der Waals surface area contributed by atoms with Crippen molar-refractivity contribution in [1.29, 1.82) is 5.26 Å². The van der Waals surface area contributed by atoms with Gasteiger partial charge in [0, 0.05) is 11.3 Å². The summed E-state index contributed by atoms with van der Waals surface area (Å²) in [4.78, 5) is 4.22. The first kappa shape index (κ1) is 14.7. The fourth-order valence-corrected chi connectivity index (χ4v) is 1.48. The van der Waals surface area contributed by atoms with E-state index in [-0.39, 0.29) is 18.0 Å². The Kier molecular flexibility index (Phi) is 5.06. The van der Waals surface area contributed by atoms with Crippen molar-refractivity contribution < 1.29 is 4.39 Å². The molecule has 2 aromatic rings. The lowest BCUT2D eigenvalue weighted by Crippen LogP contribution is -1.86. The number of nitrogens with zero attached hydrogens (tertiary/aromatic N) is 2. The van der Waals surface area contributed by atoms with E-state index in [9.17, 15) is 4.39 Å². The number of hydrogen-bond donors (Lipinski definition) is 0. The summed E-state index contributed by atoms with van der Waals surface area (Å²) >= 11 is 0. The topological polar surface area (TPSA) is 36.7 Å². The lowest BCUT2D eigenvalue weighted by Gasteiger charge is -1.94. The molecule has 0 N–H and O–H groups in total. The normalized spacial score (nSPS) is 8.68. The lowest BCUT2D eigenvalue weighted by molar-refractivity contribution is 0.627. The molecule has 0 fully saturated rings. The van der Waals surface area contributed by atoms with Gasteiger partial charge >= 0.3 is 0 Å². The van der Waals surface area contributed by atoms with Gasteiger partial charge < -0.3 is 0 Å². The molecule has 0 spiro atoms. The predicted molar refractivity (Wildman–Crippen MR) is 73.3 cm³/mol. The van der Waals surface area contributed by atoms with Crippen molar-refractivity contribution in [2.24, 2.45) is 0 Å². The average Bonchev–Trinajstić information content (AvgIpc) is 2.36. The van der Waals surface area contributed by atoms with Crippen LogP contribution in [-0.4, -0.2) is 4.98 Å². The molecule has 0 aliphatic rings. The molecular formula is C15H10ClFN2. The maximum atomic E-state index is 13.2. The molecular weight excluding hydrogens is 263 g/mol. The molecule has 0 aliphatic carbocycles. The molecule has 0 radical (unpaired) electrons. The maximum absolute atomic E-state index is 13.2. The summed E-state index contributed by atoms with van der Waals surface area (Å²) in [5.41, 5.74) is 2.22. The van der Waals surface area contributed by atoms with E-state index in [0.29, 0.717) is 11.3 Å². The van der Waals surface area contributed by atoms with E-state index in [2.05, 4.69) is 16.8 Å². The van der Waals surface area contributed by atoms with Gasteiger partial charge in [-0.25, -0.2) is 9.37 Å². The van der Waals surface area contributed by atoms with E-state index in [1.54, 1.807) is 12.1 Å². The molecule has 19 heavy (non-hydrogen) atoms. The largest absolute Gasteiger partial charge is 0.245 e. The molecule has 1 heterocycles. The van der Waals surface area contributed by atoms with Gasteiger partial charge in [-0.1, -0.05) is 12.0 Å². The van der Waals surface area contributed by atoms with Crippen LogP contribution < -0.4 is 0 Å². The van der Waals surface area contributed by atoms with Gasteiger partial charge in [0.1, 0.15) is 11.5 Å². The summed E-state index contributed by atoms with van der Waals surface area (Å²) in [5.74, 6) is 5.18. The van der Waals surface area contributed by atoms with Crippen LogP contribution in [0.2, 0.25) is 0 Å². The van der Waals surface area contributed by atoms with Gasteiger partial charge in [-0.05, 0) is 43.2 Å². The first-order chi connectivity index (χ1) is 8.67. The second-order valence-corrected chi connectivity index (χ2v) is 3.75. The van der Waals surface area contributed by atoms with Crippen LogP contribution >= 0.6 is 12.4 Å². The number of pyridine rings is 1. The van der Waals surface area contributed by atoms with Crippen LogP contribution in [0.3, 0.4) is 0 Å². The van der Waals surface area contributed by atoms with Crippen LogP contribution in [0.15, 0.2) is 36.4 Å². The Balaban J connectivity index is 0.00000180. The molecule has 4 heteroatoms. The van der Waals surface area contributed by atoms with Gasteiger partial charge in [0.05, 0.1) is 11.6 Å². The van der Waals surface area contributed by atoms with Gasteiger partial charge in [-0.15, -0.1) is 12.4 Å². The van der Waals surface area contributed by atoms with Crippen LogP contribution in [0.1, 0.15) is 22.5 Å². The number of aromatic nitrogens is 1. The average molecular weight is 273 g/mol. The van der Waals surface area contributed by atoms with E-state index < -0.39 is 5.82 Å². The SMILES string of the molecule is Cc1cccc(C#Cc2cc(F)cc(C#N)c2)n1.Cl. The Labute approximate surface area is 117 Å². The number of benzene rings is 1. The number of hydrogen-bond acceptors (Lipinski definition) is 2. The second-order valence-electron chi connectivity index (χ2n) is 3.75. The van der Waals surface area contributed by atoms with Crippen molar-refractivity contribution in [3.05, 3.63) is 64.7 Å². The first-order valence-electron chi connectivity index (χ1n) is 5.34. The third-order valence-electron chi connectivity index (χ3n) is 2.25. The summed E-state index contributed by atoms with van der Waals surface area (Å²) < 4.78 is 13.2. The van der Waals surface area contributed by atoms with Gasteiger partial charge in [0.25, 0.3) is 0 Å². The Hall–Kier alpha value is -2.36. The quantitative estimate of drug-likeness (QED) is 0.691. The number of aryl methyl sites for hydroxylation is 1. The standard InChI is InChI=1S/C15H9FN2.ClH/c1-11-3-2-4-15(18-11)6-5-12-7-13(10-17)9-14(16)8-12;/h2-4,7-9H,1H3;1H. The zero-order valence-electron chi connectivity index (χ0n) is 10.1. The van der Waals surface area contributed by atoms with E-state index in [1.807, 2.05) is 25.1 Å². The van der Waals surface area contributed by atoms with Gasteiger partial charge in [-0.3, -0.25) is 0 Å². The molecule has 0 atom stereocenters. The van der Waals surface area contributed by atoms with Gasteiger partial charge in [0.2, 0.25) is 0 Å². The van der Waals surface area contributed by atoms with E-state index in [1.165, 1.54) is 12.1 Å². The van der Waals surface area contributed by atoms with Crippen molar-refractivity contribution in [3.63, 3.8) is 0 Å². The van der Waals surface area contributed by atoms with Crippen LogP contribution in [0.4, 0.5) is 4.39 Å². The van der Waals surface area contributed by atoms with Crippen LogP contribution in [-0.2, 0) is 0 Å². The fourth-order valence-electron chi connectivity index (χ4n) is 1.48. The first-order valence-corrected chi connectivity index (χ1v) is 5.34. The minimum absolute atomic E-state index is 0. The van der Waals surface area contributed by atoms with Crippen LogP contribution in [0.25, 0.3) is 0 Å². The van der Waals surface area contributed by atoms with E-state index >= 15 is 0 Å². The summed E-state index contributed by atoms with van der Waals surface area (Å²) in [6.07, 6.45) is 0. The van der Waals surface area contributed by atoms with Crippen LogP contribution in [0, 0.1) is 35.9 Å². The van der Waals surface area contributed by atoms with Crippen LogP contribution in [0.5, 0.6) is 0 Å². The molecule has 2 nitrogen and oxygen atoms in total. The number of halogens is 2. The molecule has 0 saturated heterocycles. The van der Waals surface area contributed by atoms with Gasteiger partial charge in [-0.2, -0.15) is 5.26 Å². The predicted octanol–water partition coefficient (Wildman–Crippen LogP) is 3.22.